The summed E-state index contributed by atoms with van der Waals surface area (Å²) in [5.41, 5.74) is 0.205. The Bertz CT molecular complexity index is 464. The molecule has 1 aromatic rings. The van der Waals surface area contributed by atoms with Crippen molar-refractivity contribution in [3.05, 3.63) is 27.9 Å². The van der Waals surface area contributed by atoms with Crippen molar-refractivity contribution in [3.63, 3.8) is 0 Å². The van der Waals surface area contributed by atoms with Crippen molar-refractivity contribution in [1.82, 2.24) is 4.98 Å². The number of anilines is 1. The number of aryl methyl sites for hydroxylation is 1. The molecule has 18 heavy (non-hydrogen) atoms. The first kappa shape index (κ1) is 12.8. The van der Waals surface area contributed by atoms with Gasteiger partial charge in [0.25, 0.3) is 5.69 Å². The maximum Gasteiger partial charge on any atom is 0.287 e. The molecule has 2 heterocycles. The van der Waals surface area contributed by atoms with Crippen LogP contribution < -0.4 is 4.90 Å². The number of pyridine rings is 1. The second-order valence-electron chi connectivity index (χ2n) is 5.08. The Kier molecular flexibility index (Phi) is 3.21. The van der Waals surface area contributed by atoms with E-state index in [2.05, 4.69) is 9.88 Å². The monoisotopic (exact) mass is 251 g/mol. The lowest BCUT2D eigenvalue weighted by molar-refractivity contribution is -0.385. The topological polar surface area (TPSA) is 79.5 Å². The van der Waals surface area contributed by atoms with E-state index in [0.29, 0.717) is 12.8 Å². The standard InChI is InChI=1S/C12H17N3O3/c1-9-7-10(15(17)18)8-13-11(9)14-5-3-12(2,16)4-6-14/h7-8,16H,3-6H2,1-2H3. The summed E-state index contributed by atoms with van der Waals surface area (Å²) in [5, 5.41) is 20.5. The van der Waals surface area contributed by atoms with Crippen molar-refractivity contribution in [2.45, 2.75) is 32.3 Å². The molecule has 1 aromatic heterocycles. The van der Waals surface area contributed by atoms with Gasteiger partial charge in [0.2, 0.25) is 0 Å². The Morgan fingerprint density at radius 1 is 1.50 bits per heavy atom. The molecule has 6 heteroatoms. The smallest absolute Gasteiger partial charge is 0.287 e. The highest BCUT2D eigenvalue weighted by Crippen LogP contribution is 2.27. The molecule has 0 aliphatic carbocycles. The molecule has 0 aromatic carbocycles. The van der Waals surface area contributed by atoms with Crippen molar-refractivity contribution in [1.29, 1.82) is 0 Å². The van der Waals surface area contributed by atoms with Crippen LogP contribution in [0.4, 0.5) is 11.5 Å². The van der Waals surface area contributed by atoms with Crippen LogP contribution in [0.15, 0.2) is 12.3 Å². The van der Waals surface area contributed by atoms with Crippen LogP contribution in [0.3, 0.4) is 0 Å². The first-order chi connectivity index (χ1) is 8.39. The van der Waals surface area contributed by atoms with Crippen LogP contribution in [0.2, 0.25) is 0 Å². The molecule has 0 radical (unpaired) electrons. The average molecular weight is 251 g/mol. The molecule has 0 bridgehead atoms. The molecule has 1 aliphatic rings. The van der Waals surface area contributed by atoms with Crippen LogP contribution in [-0.4, -0.2) is 33.7 Å². The number of piperidine rings is 1. The zero-order valence-corrected chi connectivity index (χ0v) is 10.6. The van der Waals surface area contributed by atoms with Crippen LogP contribution in [-0.2, 0) is 0 Å². The first-order valence-electron chi connectivity index (χ1n) is 5.97. The van der Waals surface area contributed by atoms with Gasteiger partial charge in [-0.3, -0.25) is 10.1 Å². The molecule has 1 N–H and O–H groups in total. The molecule has 0 spiro atoms. The Hall–Kier alpha value is -1.69. The molecule has 1 fully saturated rings. The van der Waals surface area contributed by atoms with Gasteiger partial charge >= 0.3 is 0 Å². The number of aromatic nitrogens is 1. The Labute approximate surface area is 105 Å². The van der Waals surface area contributed by atoms with Crippen LogP contribution in [0.1, 0.15) is 25.3 Å². The maximum absolute atomic E-state index is 10.6. The summed E-state index contributed by atoms with van der Waals surface area (Å²) in [7, 11) is 0. The van der Waals surface area contributed by atoms with Gasteiger partial charge in [-0.05, 0) is 32.3 Å². The van der Waals surface area contributed by atoms with Crippen molar-refractivity contribution < 1.29 is 10.0 Å². The Morgan fingerprint density at radius 3 is 2.61 bits per heavy atom. The normalized spacial score (nSPS) is 18.7. The third kappa shape index (κ3) is 2.59. The minimum atomic E-state index is -0.606. The number of hydrogen-bond acceptors (Lipinski definition) is 5. The van der Waals surface area contributed by atoms with Gasteiger partial charge in [-0.2, -0.15) is 0 Å². The zero-order valence-electron chi connectivity index (χ0n) is 10.6. The number of aliphatic hydroxyl groups is 1. The highest BCUT2D eigenvalue weighted by atomic mass is 16.6. The summed E-state index contributed by atoms with van der Waals surface area (Å²) >= 11 is 0. The van der Waals surface area contributed by atoms with Crippen LogP contribution in [0.25, 0.3) is 0 Å². The second kappa shape index (κ2) is 4.53. The Morgan fingerprint density at radius 2 is 2.11 bits per heavy atom. The summed E-state index contributed by atoms with van der Waals surface area (Å²) in [5.74, 6) is 0.774. The number of nitro groups is 1. The van der Waals surface area contributed by atoms with Gasteiger partial charge in [0.05, 0.1) is 10.5 Å². The fourth-order valence-electron chi connectivity index (χ4n) is 2.18. The van der Waals surface area contributed by atoms with E-state index in [9.17, 15) is 15.2 Å². The van der Waals surface area contributed by atoms with E-state index >= 15 is 0 Å². The van der Waals surface area contributed by atoms with Gasteiger partial charge in [-0.1, -0.05) is 0 Å². The molecule has 1 saturated heterocycles. The molecular weight excluding hydrogens is 234 g/mol. The second-order valence-corrected chi connectivity index (χ2v) is 5.08. The minimum absolute atomic E-state index is 0.0141. The van der Waals surface area contributed by atoms with E-state index in [1.807, 2.05) is 13.8 Å². The summed E-state index contributed by atoms with van der Waals surface area (Å²) in [4.78, 5) is 16.4. The van der Waals surface area contributed by atoms with Crippen molar-refractivity contribution in [3.8, 4) is 0 Å². The predicted octanol–water partition coefficient (Wildman–Crippen LogP) is 1.65. The predicted molar refractivity (Wildman–Crippen MR) is 67.7 cm³/mol. The fraction of sp³-hybridized carbons (Fsp3) is 0.583. The molecule has 2 rings (SSSR count). The highest BCUT2D eigenvalue weighted by Gasteiger charge is 2.28. The van der Waals surface area contributed by atoms with Crippen LogP contribution in [0.5, 0.6) is 0 Å². The van der Waals surface area contributed by atoms with Crippen molar-refractivity contribution in [2.24, 2.45) is 0 Å². The maximum atomic E-state index is 10.6. The lowest BCUT2D eigenvalue weighted by Crippen LogP contribution is -2.43. The molecule has 0 amide bonds. The number of rotatable bonds is 2. The quantitative estimate of drug-likeness (QED) is 0.638. The first-order valence-corrected chi connectivity index (χ1v) is 5.97. The van der Waals surface area contributed by atoms with Crippen molar-refractivity contribution in [2.75, 3.05) is 18.0 Å². The summed E-state index contributed by atoms with van der Waals surface area (Å²) < 4.78 is 0. The number of hydrogen-bond donors (Lipinski definition) is 1. The van der Waals surface area contributed by atoms with Gasteiger partial charge in [0.1, 0.15) is 12.0 Å². The summed E-state index contributed by atoms with van der Waals surface area (Å²) in [6, 6.07) is 1.54. The zero-order chi connectivity index (χ0) is 13.3. The van der Waals surface area contributed by atoms with Gasteiger partial charge in [0, 0.05) is 19.2 Å². The third-order valence-corrected chi connectivity index (χ3v) is 3.39. The van der Waals surface area contributed by atoms with E-state index in [1.54, 1.807) is 0 Å². The molecule has 0 unspecified atom stereocenters. The van der Waals surface area contributed by atoms with E-state index in [-0.39, 0.29) is 5.69 Å². The van der Waals surface area contributed by atoms with E-state index in [4.69, 9.17) is 0 Å². The summed E-state index contributed by atoms with van der Waals surface area (Å²) in [6.07, 6.45) is 2.66. The molecule has 1 aliphatic heterocycles. The van der Waals surface area contributed by atoms with E-state index in [0.717, 1.165) is 24.5 Å². The average Bonchev–Trinajstić information content (AvgIpc) is 2.29. The largest absolute Gasteiger partial charge is 0.390 e. The van der Waals surface area contributed by atoms with Gasteiger partial charge in [-0.15, -0.1) is 0 Å². The molecular formula is C12H17N3O3. The highest BCUT2D eigenvalue weighted by molar-refractivity contribution is 5.50. The molecule has 98 valence electrons. The number of nitrogens with zero attached hydrogens (tertiary/aromatic N) is 3. The van der Waals surface area contributed by atoms with E-state index in [1.165, 1.54) is 12.3 Å². The third-order valence-electron chi connectivity index (χ3n) is 3.39. The molecule has 0 atom stereocenters. The lowest BCUT2D eigenvalue weighted by Gasteiger charge is -2.36. The lowest BCUT2D eigenvalue weighted by atomic mass is 9.94. The van der Waals surface area contributed by atoms with Gasteiger partial charge in [0.15, 0.2) is 0 Å². The van der Waals surface area contributed by atoms with Gasteiger partial charge in [-0.25, -0.2) is 4.98 Å². The minimum Gasteiger partial charge on any atom is -0.390 e. The molecule has 0 saturated carbocycles. The summed E-state index contributed by atoms with van der Waals surface area (Å²) in [6.45, 7) is 5.10. The fourth-order valence-corrected chi connectivity index (χ4v) is 2.18. The van der Waals surface area contributed by atoms with Crippen molar-refractivity contribution >= 4 is 11.5 Å². The van der Waals surface area contributed by atoms with E-state index < -0.39 is 10.5 Å². The SMILES string of the molecule is Cc1cc([N+](=O)[O-])cnc1N1CCC(C)(O)CC1. The van der Waals surface area contributed by atoms with Gasteiger partial charge < -0.3 is 10.0 Å². The van der Waals surface area contributed by atoms with Crippen LogP contribution in [0, 0.1) is 17.0 Å². The Balaban J connectivity index is 2.17. The molecule has 6 nitrogen and oxygen atoms in total. The van der Waals surface area contributed by atoms with Crippen LogP contribution >= 0.6 is 0 Å².